The Hall–Kier alpha value is -1.33. The summed E-state index contributed by atoms with van der Waals surface area (Å²) in [5, 5.41) is 0.242. The normalized spacial score (nSPS) is 10.0. The predicted molar refractivity (Wildman–Crippen MR) is 64.3 cm³/mol. The Morgan fingerprint density at radius 2 is 2.12 bits per heavy atom. The summed E-state index contributed by atoms with van der Waals surface area (Å²) < 4.78 is 0. The van der Waals surface area contributed by atoms with Crippen LogP contribution in [0.5, 0.6) is 0 Å². The SMILES string of the molecule is CCN(CC)C(=O)c1cc(Cl)nc(NN)c1. The Balaban J connectivity index is 3.03. The van der Waals surface area contributed by atoms with Gasteiger partial charge in [-0.2, -0.15) is 0 Å². The van der Waals surface area contributed by atoms with Crippen LogP contribution in [0.3, 0.4) is 0 Å². The van der Waals surface area contributed by atoms with Gasteiger partial charge in [-0.25, -0.2) is 10.8 Å². The van der Waals surface area contributed by atoms with Gasteiger partial charge in [-0.05, 0) is 26.0 Å². The second-order valence-corrected chi connectivity index (χ2v) is 3.57. The standard InChI is InChI=1S/C10H15ClN4O/c1-3-15(4-2)10(16)7-5-8(11)13-9(6-7)14-12/h5-6H,3-4,12H2,1-2H3,(H,13,14). The van der Waals surface area contributed by atoms with Crippen LogP contribution in [-0.2, 0) is 0 Å². The van der Waals surface area contributed by atoms with Crippen molar-refractivity contribution in [2.45, 2.75) is 13.8 Å². The first-order chi connectivity index (χ1) is 7.62. The summed E-state index contributed by atoms with van der Waals surface area (Å²) in [5.41, 5.74) is 2.85. The highest BCUT2D eigenvalue weighted by atomic mass is 35.5. The average Bonchev–Trinajstić information content (AvgIpc) is 2.29. The molecule has 1 aromatic heterocycles. The molecule has 5 nitrogen and oxygen atoms in total. The van der Waals surface area contributed by atoms with E-state index in [-0.39, 0.29) is 11.1 Å². The van der Waals surface area contributed by atoms with Crippen LogP contribution in [0.4, 0.5) is 5.82 Å². The number of nitrogens with two attached hydrogens (primary N) is 1. The van der Waals surface area contributed by atoms with Crippen LogP contribution in [0.25, 0.3) is 0 Å². The van der Waals surface area contributed by atoms with Crippen LogP contribution in [-0.4, -0.2) is 28.9 Å². The van der Waals surface area contributed by atoms with Crippen molar-refractivity contribution in [1.82, 2.24) is 9.88 Å². The zero-order valence-electron chi connectivity index (χ0n) is 9.33. The molecule has 1 rings (SSSR count). The smallest absolute Gasteiger partial charge is 0.254 e. The van der Waals surface area contributed by atoms with Gasteiger partial charge in [-0.1, -0.05) is 11.6 Å². The maximum Gasteiger partial charge on any atom is 0.254 e. The van der Waals surface area contributed by atoms with Crippen molar-refractivity contribution in [3.8, 4) is 0 Å². The van der Waals surface area contributed by atoms with Crippen LogP contribution < -0.4 is 11.3 Å². The van der Waals surface area contributed by atoms with Gasteiger partial charge in [-0.15, -0.1) is 0 Å². The van der Waals surface area contributed by atoms with Crippen LogP contribution in [0.15, 0.2) is 12.1 Å². The van der Waals surface area contributed by atoms with Crippen molar-refractivity contribution in [2.24, 2.45) is 5.84 Å². The highest BCUT2D eigenvalue weighted by molar-refractivity contribution is 6.29. The summed E-state index contributed by atoms with van der Waals surface area (Å²) in [6.07, 6.45) is 0. The van der Waals surface area contributed by atoms with E-state index in [9.17, 15) is 4.79 Å². The lowest BCUT2D eigenvalue weighted by atomic mass is 10.2. The Bertz CT molecular complexity index is 379. The van der Waals surface area contributed by atoms with Crippen molar-refractivity contribution in [3.05, 3.63) is 22.8 Å². The van der Waals surface area contributed by atoms with E-state index >= 15 is 0 Å². The molecule has 0 aliphatic rings. The van der Waals surface area contributed by atoms with Gasteiger partial charge in [0.1, 0.15) is 11.0 Å². The van der Waals surface area contributed by atoms with E-state index in [0.717, 1.165) is 0 Å². The number of carbonyl (C=O) groups excluding carboxylic acids is 1. The van der Waals surface area contributed by atoms with Crippen molar-refractivity contribution in [1.29, 1.82) is 0 Å². The van der Waals surface area contributed by atoms with Crippen LogP contribution in [0, 0.1) is 0 Å². The molecular weight excluding hydrogens is 228 g/mol. The first-order valence-corrected chi connectivity index (χ1v) is 5.43. The Kier molecular flexibility index (Phi) is 4.52. The van der Waals surface area contributed by atoms with Gasteiger partial charge in [0.2, 0.25) is 0 Å². The summed E-state index contributed by atoms with van der Waals surface area (Å²) in [5.74, 6) is 5.53. The Morgan fingerprint density at radius 3 is 2.62 bits per heavy atom. The first kappa shape index (κ1) is 12.7. The van der Waals surface area contributed by atoms with Gasteiger partial charge in [0.25, 0.3) is 5.91 Å². The second kappa shape index (κ2) is 5.67. The average molecular weight is 243 g/mol. The van der Waals surface area contributed by atoms with Crippen molar-refractivity contribution < 1.29 is 4.79 Å². The fourth-order valence-corrected chi connectivity index (χ4v) is 1.60. The molecule has 1 heterocycles. The fraction of sp³-hybridized carbons (Fsp3) is 0.400. The molecule has 16 heavy (non-hydrogen) atoms. The monoisotopic (exact) mass is 242 g/mol. The maximum absolute atomic E-state index is 12.0. The van der Waals surface area contributed by atoms with Gasteiger partial charge < -0.3 is 10.3 Å². The third-order valence-corrected chi connectivity index (χ3v) is 2.43. The van der Waals surface area contributed by atoms with Gasteiger partial charge in [0.15, 0.2) is 0 Å². The number of hydrogen-bond acceptors (Lipinski definition) is 4. The Morgan fingerprint density at radius 1 is 1.50 bits per heavy atom. The molecule has 0 aromatic carbocycles. The molecule has 0 saturated heterocycles. The van der Waals surface area contributed by atoms with Crippen molar-refractivity contribution in [3.63, 3.8) is 0 Å². The number of rotatable bonds is 4. The van der Waals surface area contributed by atoms with E-state index in [1.165, 1.54) is 6.07 Å². The van der Waals surface area contributed by atoms with E-state index in [1.807, 2.05) is 13.8 Å². The predicted octanol–water partition coefficient (Wildman–Crippen LogP) is 1.50. The number of amides is 1. The number of aromatic nitrogens is 1. The summed E-state index contributed by atoms with van der Waals surface area (Å²) in [4.78, 5) is 17.6. The minimum Gasteiger partial charge on any atom is -0.339 e. The molecule has 1 amide bonds. The molecule has 3 N–H and O–H groups in total. The molecule has 0 unspecified atom stereocenters. The second-order valence-electron chi connectivity index (χ2n) is 3.19. The fourth-order valence-electron chi connectivity index (χ4n) is 1.39. The molecule has 0 fully saturated rings. The molecule has 0 atom stereocenters. The number of nitrogen functional groups attached to an aromatic ring is 1. The quantitative estimate of drug-likeness (QED) is 0.477. The molecule has 0 spiro atoms. The van der Waals surface area contributed by atoms with Crippen LogP contribution >= 0.6 is 11.6 Å². The molecule has 0 saturated carbocycles. The molecular formula is C10H15ClN4O. The largest absolute Gasteiger partial charge is 0.339 e. The topological polar surface area (TPSA) is 71.2 Å². The van der Waals surface area contributed by atoms with Crippen LogP contribution in [0.1, 0.15) is 24.2 Å². The molecule has 88 valence electrons. The first-order valence-electron chi connectivity index (χ1n) is 5.05. The lowest BCUT2D eigenvalue weighted by Gasteiger charge is -2.18. The zero-order valence-corrected chi connectivity index (χ0v) is 10.1. The molecule has 0 radical (unpaired) electrons. The molecule has 1 aromatic rings. The minimum absolute atomic E-state index is 0.0780. The van der Waals surface area contributed by atoms with Gasteiger partial charge in [0.05, 0.1) is 0 Å². The number of pyridine rings is 1. The minimum atomic E-state index is -0.0780. The molecule has 0 aliphatic carbocycles. The molecule has 0 aliphatic heterocycles. The summed E-state index contributed by atoms with van der Waals surface area (Å²) in [6.45, 7) is 5.15. The van der Waals surface area contributed by atoms with Gasteiger partial charge in [0, 0.05) is 18.7 Å². The van der Waals surface area contributed by atoms with Gasteiger partial charge >= 0.3 is 0 Å². The molecule has 0 bridgehead atoms. The van der Waals surface area contributed by atoms with Crippen molar-refractivity contribution in [2.75, 3.05) is 18.5 Å². The van der Waals surface area contributed by atoms with E-state index in [1.54, 1.807) is 11.0 Å². The maximum atomic E-state index is 12.0. The number of hydrogen-bond donors (Lipinski definition) is 2. The van der Waals surface area contributed by atoms with E-state index in [4.69, 9.17) is 17.4 Å². The summed E-state index contributed by atoms with van der Waals surface area (Å²) in [6, 6.07) is 3.11. The third-order valence-electron chi connectivity index (χ3n) is 2.24. The highest BCUT2D eigenvalue weighted by Crippen LogP contribution is 2.15. The number of anilines is 1. The number of hydrazine groups is 1. The van der Waals surface area contributed by atoms with Gasteiger partial charge in [-0.3, -0.25) is 4.79 Å². The van der Waals surface area contributed by atoms with E-state index < -0.39 is 0 Å². The van der Waals surface area contributed by atoms with Crippen LogP contribution in [0.2, 0.25) is 5.15 Å². The number of carbonyl (C=O) groups is 1. The molecule has 6 heteroatoms. The summed E-state index contributed by atoms with van der Waals surface area (Å²) in [7, 11) is 0. The number of nitrogens with zero attached hydrogens (tertiary/aromatic N) is 2. The number of halogens is 1. The highest BCUT2D eigenvalue weighted by Gasteiger charge is 2.14. The summed E-state index contributed by atoms with van der Waals surface area (Å²) >= 11 is 5.79. The lowest BCUT2D eigenvalue weighted by Crippen LogP contribution is -2.30. The zero-order chi connectivity index (χ0) is 12.1. The van der Waals surface area contributed by atoms with Crippen molar-refractivity contribution >= 4 is 23.3 Å². The van der Waals surface area contributed by atoms with E-state index in [2.05, 4.69) is 10.4 Å². The Labute approximate surface area is 99.6 Å². The number of nitrogens with one attached hydrogen (secondary N) is 1. The third kappa shape index (κ3) is 2.84. The van der Waals surface area contributed by atoms with E-state index in [0.29, 0.717) is 24.5 Å². The lowest BCUT2D eigenvalue weighted by molar-refractivity contribution is 0.0773.